The lowest BCUT2D eigenvalue weighted by molar-refractivity contribution is 0.184. The Morgan fingerprint density at radius 1 is 1.00 bits per heavy atom. The molecule has 0 fully saturated rings. The molecule has 0 spiro atoms. The van der Waals surface area contributed by atoms with Crippen LogP contribution in [0.2, 0.25) is 0 Å². The number of methoxy groups -OCH3 is 1. The van der Waals surface area contributed by atoms with Gasteiger partial charge in [-0.2, -0.15) is 0 Å². The summed E-state index contributed by atoms with van der Waals surface area (Å²) in [6.45, 7) is 11.1. The van der Waals surface area contributed by atoms with E-state index in [0.29, 0.717) is 0 Å². The lowest BCUT2D eigenvalue weighted by Gasteiger charge is -2.09. The summed E-state index contributed by atoms with van der Waals surface area (Å²) >= 11 is 0. The minimum Gasteiger partial charge on any atom is -0.380 e. The fourth-order valence-electron chi connectivity index (χ4n) is 1.58. The molecular formula is C13H22O. The molecule has 0 saturated heterocycles. The summed E-state index contributed by atoms with van der Waals surface area (Å²) in [7, 11) is 1.73. The van der Waals surface area contributed by atoms with E-state index in [1.54, 1.807) is 7.11 Å². The second-order valence-electron chi connectivity index (χ2n) is 3.31. The lowest BCUT2D eigenvalue weighted by Crippen LogP contribution is -1.96. The van der Waals surface area contributed by atoms with Gasteiger partial charge >= 0.3 is 0 Å². The van der Waals surface area contributed by atoms with Crippen molar-refractivity contribution in [1.82, 2.24) is 0 Å². The summed E-state index contributed by atoms with van der Waals surface area (Å²) in [6.07, 6.45) is 0. The highest BCUT2D eigenvalue weighted by Gasteiger charge is 2.01. The Bertz CT molecular complexity index is 254. The van der Waals surface area contributed by atoms with Gasteiger partial charge < -0.3 is 4.74 Å². The molecule has 1 aromatic rings. The summed E-state index contributed by atoms with van der Waals surface area (Å²) in [4.78, 5) is 0. The maximum atomic E-state index is 5.13. The van der Waals surface area contributed by atoms with Gasteiger partial charge in [0.2, 0.25) is 0 Å². The molecule has 1 aromatic carbocycles. The maximum absolute atomic E-state index is 5.13. The Hall–Kier alpha value is -0.820. The smallest absolute Gasteiger partial charge is 0.0718 e. The van der Waals surface area contributed by atoms with Crippen molar-refractivity contribution in [3.63, 3.8) is 0 Å². The van der Waals surface area contributed by atoms with E-state index in [4.69, 9.17) is 4.74 Å². The van der Waals surface area contributed by atoms with Crippen LogP contribution in [0, 0.1) is 20.8 Å². The minimum absolute atomic E-state index is 0.720. The zero-order valence-electron chi connectivity index (χ0n) is 10.3. The summed E-state index contributed by atoms with van der Waals surface area (Å²) in [6, 6.07) is 4.39. The Balaban J connectivity index is 0.000000791. The minimum atomic E-state index is 0.720. The molecule has 1 nitrogen and oxygen atoms in total. The number of hydrogen-bond acceptors (Lipinski definition) is 1. The van der Waals surface area contributed by atoms with E-state index >= 15 is 0 Å². The molecule has 0 saturated carbocycles. The van der Waals surface area contributed by atoms with E-state index < -0.39 is 0 Å². The normalized spacial score (nSPS) is 9.29. The number of ether oxygens (including phenoxy) is 1. The van der Waals surface area contributed by atoms with Crippen LogP contribution in [0.4, 0.5) is 0 Å². The van der Waals surface area contributed by atoms with Crippen molar-refractivity contribution in [3.05, 3.63) is 34.4 Å². The highest BCUT2D eigenvalue weighted by Crippen LogP contribution is 2.16. The lowest BCUT2D eigenvalue weighted by atomic mass is 10.0. The van der Waals surface area contributed by atoms with Crippen LogP contribution in [0.15, 0.2) is 12.1 Å². The molecule has 14 heavy (non-hydrogen) atoms. The van der Waals surface area contributed by atoms with E-state index in [1.165, 1.54) is 22.3 Å². The van der Waals surface area contributed by atoms with Gasteiger partial charge in [-0.3, -0.25) is 0 Å². The maximum Gasteiger partial charge on any atom is 0.0718 e. The van der Waals surface area contributed by atoms with Gasteiger partial charge in [0.1, 0.15) is 0 Å². The first-order chi connectivity index (χ1) is 6.65. The molecule has 80 valence electrons. The molecule has 1 heteroatoms. The number of aryl methyl sites for hydroxylation is 3. The van der Waals surface area contributed by atoms with Gasteiger partial charge in [-0.15, -0.1) is 0 Å². The third-order valence-electron chi connectivity index (χ3n) is 2.13. The molecule has 0 unspecified atom stereocenters. The Morgan fingerprint density at radius 2 is 1.43 bits per heavy atom. The van der Waals surface area contributed by atoms with E-state index in [0.717, 1.165) is 6.61 Å². The standard InChI is InChI=1S/C11H16O.C2H6/c1-8-5-9(2)11(7-12-4)10(3)6-8;1-2/h5-6H,7H2,1-4H3;1-2H3. The fourth-order valence-corrected chi connectivity index (χ4v) is 1.58. The predicted molar refractivity (Wildman–Crippen MR) is 62.7 cm³/mol. The van der Waals surface area contributed by atoms with Crippen LogP contribution in [-0.2, 0) is 11.3 Å². The predicted octanol–water partition coefficient (Wildman–Crippen LogP) is 3.78. The molecule has 0 aliphatic heterocycles. The molecule has 0 bridgehead atoms. The number of benzene rings is 1. The SMILES string of the molecule is CC.COCc1c(C)cc(C)cc1C. The molecule has 0 aromatic heterocycles. The topological polar surface area (TPSA) is 9.23 Å². The van der Waals surface area contributed by atoms with E-state index in [2.05, 4.69) is 32.9 Å². The van der Waals surface area contributed by atoms with E-state index in [-0.39, 0.29) is 0 Å². The van der Waals surface area contributed by atoms with Gasteiger partial charge in [0.25, 0.3) is 0 Å². The van der Waals surface area contributed by atoms with Crippen LogP contribution in [-0.4, -0.2) is 7.11 Å². The average molecular weight is 194 g/mol. The van der Waals surface area contributed by atoms with Crippen LogP contribution in [0.25, 0.3) is 0 Å². The van der Waals surface area contributed by atoms with Crippen LogP contribution >= 0.6 is 0 Å². The summed E-state index contributed by atoms with van der Waals surface area (Å²) in [5.41, 5.74) is 5.30. The third kappa shape index (κ3) is 3.51. The van der Waals surface area contributed by atoms with E-state index in [9.17, 15) is 0 Å². The van der Waals surface area contributed by atoms with Gasteiger partial charge in [-0.1, -0.05) is 31.5 Å². The van der Waals surface area contributed by atoms with Crippen molar-refractivity contribution < 1.29 is 4.74 Å². The average Bonchev–Trinajstić information content (AvgIpc) is 2.14. The fraction of sp³-hybridized carbons (Fsp3) is 0.538. The molecule has 0 heterocycles. The zero-order chi connectivity index (χ0) is 11.1. The molecule has 0 atom stereocenters. The molecule has 0 radical (unpaired) electrons. The highest BCUT2D eigenvalue weighted by molar-refractivity contribution is 5.36. The molecule has 1 rings (SSSR count). The first kappa shape index (κ1) is 13.2. The second-order valence-corrected chi connectivity index (χ2v) is 3.31. The molecular weight excluding hydrogens is 172 g/mol. The van der Waals surface area contributed by atoms with Crippen LogP contribution in [0.3, 0.4) is 0 Å². The van der Waals surface area contributed by atoms with Crippen molar-refractivity contribution in [3.8, 4) is 0 Å². The molecule has 0 N–H and O–H groups in total. The summed E-state index contributed by atoms with van der Waals surface area (Å²) in [5, 5.41) is 0. The van der Waals surface area contributed by atoms with Gasteiger partial charge in [-0.25, -0.2) is 0 Å². The van der Waals surface area contributed by atoms with Crippen LogP contribution in [0.5, 0.6) is 0 Å². The Labute approximate surface area is 88.1 Å². The van der Waals surface area contributed by atoms with Crippen molar-refractivity contribution in [1.29, 1.82) is 0 Å². The summed E-state index contributed by atoms with van der Waals surface area (Å²) < 4.78 is 5.13. The van der Waals surface area contributed by atoms with Gasteiger partial charge in [0.05, 0.1) is 6.61 Å². The number of hydrogen-bond donors (Lipinski definition) is 0. The van der Waals surface area contributed by atoms with Gasteiger partial charge in [0, 0.05) is 7.11 Å². The van der Waals surface area contributed by atoms with Crippen molar-refractivity contribution >= 4 is 0 Å². The van der Waals surface area contributed by atoms with E-state index in [1.807, 2.05) is 13.8 Å². The molecule has 0 aliphatic carbocycles. The van der Waals surface area contributed by atoms with Gasteiger partial charge in [0.15, 0.2) is 0 Å². The van der Waals surface area contributed by atoms with Crippen molar-refractivity contribution in [2.24, 2.45) is 0 Å². The van der Waals surface area contributed by atoms with Crippen LogP contribution in [0.1, 0.15) is 36.1 Å². The third-order valence-corrected chi connectivity index (χ3v) is 2.13. The Morgan fingerprint density at radius 3 is 1.79 bits per heavy atom. The monoisotopic (exact) mass is 194 g/mol. The number of rotatable bonds is 2. The Kier molecular flexibility index (Phi) is 6.22. The summed E-state index contributed by atoms with van der Waals surface area (Å²) in [5.74, 6) is 0. The zero-order valence-corrected chi connectivity index (χ0v) is 10.3. The first-order valence-corrected chi connectivity index (χ1v) is 5.21. The highest BCUT2D eigenvalue weighted by atomic mass is 16.5. The largest absolute Gasteiger partial charge is 0.380 e. The molecule has 0 aliphatic rings. The van der Waals surface area contributed by atoms with Crippen LogP contribution < -0.4 is 0 Å². The first-order valence-electron chi connectivity index (χ1n) is 5.21. The van der Waals surface area contributed by atoms with Gasteiger partial charge in [-0.05, 0) is 37.5 Å². The second kappa shape index (κ2) is 6.61. The van der Waals surface area contributed by atoms with Crippen molar-refractivity contribution in [2.45, 2.75) is 41.2 Å². The quantitative estimate of drug-likeness (QED) is 0.696. The molecule has 0 amide bonds. The van der Waals surface area contributed by atoms with Crippen molar-refractivity contribution in [2.75, 3.05) is 7.11 Å².